The van der Waals surface area contributed by atoms with Crippen molar-refractivity contribution in [2.24, 2.45) is 5.73 Å². The number of hydrogen-bond donors (Lipinski definition) is 3. The number of amides is 1. The normalized spacial score (nSPS) is 10.7. The van der Waals surface area contributed by atoms with E-state index in [0.29, 0.717) is 17.0 Å². The Kier molecular flexibility index (Phi) is 4.37. The number of amidine groups is 1. The minimum absolute atomic E-state index is 0.145. The SMILES string of the molecule is COc1ccc(C(=N)N)c(NC(=O)OC(C)(C)C)c1. The molecule has 6 nitrogen and oxygen atoms in total. The third-order valence-electron chi connectivity index (χ3n) is 2.15. The molecular formula is C13H19N3O3. The number of methoxy groups -OCH3 is 1. The minimum Gasteiger partial charge on any atom is -0.497 e. The van der Waals surface area contributed by atoms with Crippen LogP contribution in [-0.2, 0) is 4.74 Å². The fourth-order valence-corrected chi connectivity index (χ4v) is 1.40. The predicted octanol–water partition coefficient (Wildman–Crippen LogP) is 2.33. The molecule has 1 aromatic carbocycles. The molecule has 0 aliphatic carbocycles. The minimum atomic E-state index is -0.608. The summed E-state index contributed by atoms with van der Waals surface area (Å²) in [6.07, 6.45) is -0.608. The van der Waals surface area contributed by atoms with Crippen LogP contribution in [0.15, 0.2) is 18.2 Å². The van der Waals surface area contributed by atoms with Crippen molar-refractivity contribution in [3.05, 3.63) is 23.8 Å². The maximum Gasteiger partial charge on any atom is 0.412 e. The largest absolute Gasteiger partial charge is 0.497 e. The lowest BCUT2D eigenvalue weighted by atomic mass is 10.1. The highest BCUT2D eigenvalue weighted by atomic mass is 16.6. The molecule has 0 unspecified atom stereocenters. The average molecular weight is 265 g/mol. The number of hydrogen-bond acceptors (Lipinski definition) is 4. The van der Waals surface area contributed by atoms with Crippen LogP contribution in [0.1, 0.15) is 26.3 Å². The van der Waals surface area contributed by atoms with Crippen molar-refractivity contribution in [2.45, 2.75) is 26.4 Å². The van der Waals surface area contributed by atoms with Gasteiger partial charge in [-0.25, -0.2) is 4.79 Å². The Hall–Kier alpha value is -2.24. The first-order chi connectivity index (χ1) is 8.73. The van der Waals surface area contributed by atoms with Gasteiger partial charge in [0.15, 0.2) is 0 Å². The number of nitrogens with one attached hydrogen (secondary N) is 2. The van der Waals surface area contributed by atoms with E-state index in [4.69, 9.17) is 20.6 Å². The van der Waals surface area contributed by atoms with E-state index in [1.807, 2.05) is 0 Å². The highest BCUT2D eigenvalue weighted by Crippen LogP contribution is 2.23. The van der Waals surface area contributed by atoms with Gasteiger partial charge in [-0.15, -0.1) is 0 Å². The molecule has 0 aliphatic heterocycles. The van der Waals surface area contributed by atoms with Gasteiger partial charge in [0.1, 0.15) is 17.2 Å². The van der Waals surface area contributed by atoms with Gasteiger partial charge in [0, 0.05) is 11.6 Å². The lowest BCUT2D eigenvalue weighted by Gasteiger charge is -2.20. The van der Waals surface area contributed by atoms with E-state index < -0.39 is 11.7 Å². The summed E-state index contributed by atoms with van der Waals surface area (Å²) in [6.45, 7) is 5.30. The molecule has 6 heteroatoms. The summed E-state index contributed by atoms with van der Waals surface area (Å²) in [5, 5.41) is 10.0. The second kappa shape index (κ2) is 5.60. The lowest BCUT2D eigenvalue weighted by molar-refractivity contribution is 0.0636. The first-order valence-electron chi connectivity index (χ1n) is 5.75. The average Bonchev–Trinajstić information content (AvgIpc) is 2.25. The maximum absolute atomic E-state index is 11.7. The van der Waals surface area contributed by atoms with Crippen LogP contribution in [0.5, 0.6) is 5.75 Å². The zero-order chi connectivity index (χ0) is 14.6. The quantitative estimate of drug-likeness (QED) is 0.577. The highest BCUT2D eigenvalue weighted by Gasteiger charge is 2.18. The van der Waals surface area contributed by atoms with E-state index in [1.54, 1.807) is 39.0 Å². The molecule has 0 radical (unpaired) electrons. The van der Waals surface area contributed by atoms with Gasteiger partial charge in [-0.3, -0.25) is 10.7 Å². The van der Waals surface area contributed by atoms with Gasteiger partial charge in [0.2, 0.25) is 0 Å². The van der Waals surface area contributed by atoms with Crippen molar-refractivity contribution in [3.8, 4) is 5.75 Å². The smallest absolute Gasteiger partial charge is 0.412 e. The highest BCUT2D eigenvalue weighted by molar-refractivity contribution is 6.03. The van der Waals surface area contributed by atoms with Crippen molar-refractivity contribution in [2.75, 3.05) is 12.4 Å². The Labute approximate surface area is 112 Å². The molecule has 19 heavy (non-hydrogen) atoms. The first kappa shape index (κ1) is 14.8. The Balaban J connectivity index is 2.98. The van der Waals surface area contributed by atoms with E-state index in [9.17, 15) is 4.79 Å². The van der Waals surface area contributed by atoms with Crippen LogP contribution in [0.4, 0.5) is 10.5 Å². The predicted molar refractivity (Wildman–Crippen MR) is 73.9 cm³/mol. The molecule has 104 valence electrons. The number of carbonyl (C=O) groups excluding carboxylic acids is 1. The van der Waals surface area contributed by atoms with Crippen molar-refractivity contribution in [1.29, 1.82) is 5.41 Å². The molecule has 1 aromatic rings. The molecule has 0 saturated carbocycles. The van der Waals surface area contributed by atoms with Gasteiger partial charge < -0.3 is 15.2 Å². The summed E-state index contributed by atoms with van der Waals surface area (Å²) >= 11 is 0. The molecule has 0 aliphatic rings. The van der Waals surface area contributed by atoms with Crippen molar-refractivity contribution in [1.82, 2.24) is 0 Å². The number of nitrogens with two attached hydrogens (primary N) is 1. The van der Waals surface area contributed by atoms with Crippen LogP contribution in [0.2, 0.25) is 0 Å². The van der Waals surface area contributed by atoms with Crippen LogP contribution in [0.3, 0.4) is 0 Å². The fraction of sp³-hybridized carbons (Fsp3) is 0.385. The zero-order valence-electron chi connectivity index (χ0n) is 11.5. The standard InChI is InChI=1S/C13H19N3O3/c1-13(2,3)19-12(17)16-10-7-8(18-4)5-6-9(10)11(14)15/h5-7H,1-4H3,(H3,14,15)(H,16,17). The van der Waals surface area contributed by atoms with Crippen LogP contribution in [0, 0.1) is 5.41 Å². The van der Waals surface area contributed by atoms with E-state index in [-0.39, 0.29) is 5.84 Å². The Morgan fingerprint density at radius 3 is 2.47 bits per heavy atom. The third-order valence-corrected chi connectivity index (χ3v) is 2.15. The lowest BCUT2D eigenvalue weighted by Crippen LogP contribution is -2.28. The molecule has 1 amide bonds. The molecule has 0 atom stereocenters. The Morgan fingerprint density at radius 1 is 1.37 bits per heavy atom. The number of rotatable bonds is 3. The molecule has 0 spiro atoms. The van der Waals surface area contributed by atoms with Gasteiger partial charge >= 0.3 is 6.09 Å². The Morgan fingerprint density at radius 2 is 2.00 bits per heavy atom. The topological polar surface area (TPSA) is 97.4 Å². The maximum atomic E-state index is 11.7. The molecular weight excluding hydrogens is 246 g/mol. The van der Waals surface area contributed by atoms with Crippen molar-refractivity contribution in [3.63, 3.8) is 0 Å². The molecule has 0 fully saturated rings. The molecule has 0 saturated heterocycles. The van der Waals surface area contributed by atoms with Gasteiger partial charge in [0.25, 0.3) is 0 Å². The van der Waals surface area contributed by atoms with Gasteiger partial charge in [-0.05, 0) is 32.9 Å². The van der Waals surface area contributed by atoms with Gasteiger partial charge in [-0.2, -0.15) is 0 Å². The molecule has 0 aromatic heterocycles. The van der Waals surface area contributed by atoms with Crippen molar-refractivity contribution < 1.29 is 14.3 Å². The number of ether oxygens (including phenoxy) is 2. The molecule has 0 heterocycles. The summed E-state index contributed by atoms with van der Waals surface area (Å²) < 4.78 is 10.2. The summed E-state index contributed by atoms with van der Waals surface area (Å²) in [4.78, 5) is 11.7. The van der Waals surface area contributed by atoms with Gasteiger partial charge in [-0.1, -0.05) is 0 Å². The Bertz CT molecular complexity index is 492. The molecule has 0 bridgehead atoms. The zero-order valence-corrected chi connectivity index (χ0v) is 11.5. The van der Waals surface area contributed by atoms with Crippen molar-refractivity contribution >= 4 is 17.6 Å². The van der Waals surface area contributed by atoms with Crippen LogP contribution in [0.25, 0.3) is 0 Å². The van der Waals surface area contributed by atoms with E-state index in [0.717, 1.165) is 0 Å². The van der Waals surface area contributed by atoms with Gasteiger partial charge in [0.05, 0.1) is 12.8 Å². The van der Waals surface area contributed by atoms with Crippen LogP contribution in [-0.4, -0.2) is 24.6 Å². The molecule has 1 rings (SSSR count). The first-order valence-corrected chi connectivity index (χ1v) is 5.75. The second-order valence-electron chi connectivity index (χ2n) is 4.95. The number of benzene rings is 1. The number of carbonyl (C=O) groups is 1. The van der Waals surface area contributed by atoms with Crippen LogP contribution < -0.4 is 15.8 Å². The summed E-state index contributed by atoms with van der Waals surface area (Å²) in [7, 11) is 1.51. The number of anilines is 1. The van der Waals surface area contributed by atoms with E-state index in [2.05, 4.69) is 5.32 Å². The van der Waals surface area contributed by atoms with E-state index >= 15 is 0 Å². The summed E-state index contributed by atoms with van der Waals surface area (Å²) in [5.41, 5.74) is 5.65. The summed E-state index contributed by atoms with van der Waals surface area (Å²) in [5.74, 6) is 0.407. The molecule has 4 N–H and O–H groups in total. The van der Waals surface area contributed by atoms with E-state index in [1.165, 1.54) is 7.11 Å². The van der Waals surface area contributed by atoms with Crippen LogP contribution >= 0.6 is 0 Å². The fourth-order valence-electron chi connectivity index (χ4n) is 1.40. The summed E-state index contributed by atoms with van der Waals surface area (Å²) in [6, 6.07) is 4.85. The monoisotopic (exact) mass is 265 g/mol. The third kappa shape index (κ3) is 4.50. The number of nitrogen functional groups attached to an aromatic ring is 1. The second-order valence-corrected chi connectivity index (χ2v) is 4.95.